The molecule has 6 heteroatoms. The summed E-state index contributed by atoms with van der Waals surface area (Å²) in [6, 6.07) is 17.0. The van der Waals surface area contributed by atoms with Crippen LogP contribution in [0.15, 0.2) is 48.5 Å². The monoisotopic (exact) mass is 614 g/mol. The first-order valence-corrected chi connectivity index (χ1v) is 17.7. The number of halogens is 2. The topological polar surface area (TPSA) is 19.3 Å². The summed E-state index contributed by atoms with van der Waals surface area (Å²) in [6.45, 7) is 20.4. The molecule has 1 fully saturated rings. The summed E-state index contributed by atoms with van der Waals surface area (Å²) < 4.78 is 6.25. The number of aromatic hydroxyl groups is 1. The van der Waals surface area contributed by atoms with Crippen molar-refractivity contribution in [1.29, 1.82) is 0 Å². The number of benzene rings is 3. The molecule has 0 saturated carbocycles. The third kappa shape index (κ3) is 7.34. The van der Waals surface area contributed by atoms with Gasteiger partial charge in [-0.15, -0.1) is 0 Å². The van der Waals surface area contributed by atoms with Gasteiger partial charge in [0.2, 0.25) is 0 Å². The van der Waals surface area contributed by atoms with Gasteiger partial charge in [-0.05, 0) is 63.8 Å². The molecule has 0 bridgehead atoms. The number of hydrogen-bond donors (Lipinski definition) is 0. The first-order chi connectivity index (χ1) is 17.1. The molecule has 0 aromatic heterocycles. The molecule has 36 heavy (non-hydrogen) atoms. The van der Waals surface area contributed by atoms with E-state index in [1.807, 2.05) is 35.8 Å². The van der Waals surface area contributed by atoms with Gasteiger partial charge in [0, 0.05) is 24.5 Å². The van der Waals surface area contributed by atoms with Crippen molar-refractivity contribution in [2.45, 2.75) is 48.5 Å². The fraction of sp³-hybridized carbons (Fsp3) is 0.333. The molecule has 1 N–H and O–H groups in total. The molecule has 0 radical (unpaired) electrons. The smallest absolute Gasteiger partial charge is 0.0146 e. The van der Waals surface area contributed by atoms with Crippen LogP contribution in [-0.2, 0) is 13.5 Å². The molecule has 196 valence electrons. The molecule has 3 aromatic carbocycles. The Morgan fingerprint density at radius 1 is 0.806 bits per heavy atom. The zero-order valence-corrected chi connectivity index (χ0v) is 25.6. The second-order valence-corrected chi connectivity index (χ2v) is 15.1. The second kappa shape index (κ2) is 13.1. The molecule has 0 amide bonds. The third-order valence-corrected chi connectivity index (χ3v) is 7.99. The molecule has 3 nitrogen and oxygen atoms in total. The van der Waals surface area contributed by atoms with Gasteiger partial charge in [0.15, 0.2) is 0 Å². The number of rotatable bonds is 5. The van der Waals surface area contributed by atoms with E-state index >= 15 is 0 Å². The van der Waals surface area contributed by atoms with E-state index in [0.717, 1.165) is 31.0 Å². The molecular weight excluding hydrogens is 576 g/mol. The Balaban J connectivity index is 0.000000236. The van der Waals surface area contributed by atoms with Crippen molar-refractivity contribution < 1.29 is 18.3 Å². The van der Waals surface area contributed by atoms with Gasteiger partial charge in [-0.2, -0.15) is 6.67 Å². The van der Waals surface area contributed by atoms with Crippen molar-refractivity contribution in [3.63, 3.8) is 0 Å². The Labute approximate surface area is 230 Å². The van der Waals surface area contributed by atoms with E-state index < -0.39 is 13.5 Å². The number of para-hydroxylation sites is 1. The molecule has 0 atom stereocenters. The number of ether oxygens (including phenoxy) is 1. The maximum atomic E-state index is 5.80. The van der Waals surface area contributed by atoms with Crippen LogP contribution in [0.3, 0.4) is 0 Å². The fourth-order valence-electron chi connectivity index (χ4n) is 5.06. The molecule has 1 heterocycles. The first kappa shape index (κ1) is 28.7. The molecule has 1 aliphatic rings. The van der Waals surface area contributed by atoms with Crippen LogP contribution in [0.4, 0.5) is 11.4 Å². The van der Waals surface area contributed by atoms with Crippen LogP contribution in [0.2, 0.25) is 0 Å². The molecule has 0 aliphatic carbocycles. The van der Waals surface area contributed by atoms with Gasteiger partial charge in [-0.1, -0.05) is 35.4 Å². The normalized spacial score (nSPS) is 13.3. The minimum absolute atomic E-state index is 0.780. The summed E-state index contributed by atoms with van der Waals surface area (Å²) in [5, 5.41) is 0. The van der Waals surface area contributed by atoms with Gasteiger partial charge >= 0.3 is 91.4 Å². The second-order valence-electron chi connectivity index (χ2n) is 9.34. The van der Waals surface area contributed by atoms with Crippen molar-refractivity contribution in [2.24, 2.45) is 0 Å². The summed E-state index contributed by atoms with van der Waals surface area (Å²) in [5.74, 6) is 0.977. The van der Waals surface area contributed by atoms with Crippen LogP contribution in [0.25, 0.3) is 0 Å². The quantitative estimate of drug-likeness (QED) is 0.165. The fourth-order valence-corrected chi connectivity index (χ4v) is 6.88. The average molecular weight is 615 g/mol. The van der Waals surface area contributed by atoms with Crippen LogP contribution >= 0.6 is 19.4 Å². The molecule has 4 rings (SSSR count). The SMILES string of the molecule is CC[OH+]c1ccccc1[CH]=[Ru]([Cl])[Cl].Cc1cc(C)c(N2[CH-]N(c3c(C)cc(C)cc3C)CC2)c(C)c1. The average Bonchev–Trinajstić information content (AvgIpc) is 3.23. The van der Waals surface area contributed by atoms with Gasteiger partial charge in [0.1, 0.15) is 0 Å². The van der Waals surface area contributed by atoms with Crippen molar-refractivity contribution in [1.82, 2.24) is 0 Å². The minimum Gasteiger partial charge on any atom is -0.502 e. The van der Waals surface area contributed by atoms with E-state index in [0.29, 0.717) is 0 Å². The summed E-state index contributed by atoms with van der Waals surface area (Å²) >= 11 is -1.73. The van der Waals surface area contributed by atoms with Gasteiger partial charge in [0.25, 0.3) is 0 Å². The maximum absolute atomic E-state index is 5.80. The largest absolute Gasteiger partial charge is 0.502 e. The maximum Gasteiger partial charge on any atom is 0.0146 e. The molecule has 3 aromatic rings. The molecule has 1 saturated heterocycles. The number of nitrogens with zero attached hydrogens (tertiary/aromatic N) is 2. The van der Waals surface area contributed by atoms with E-state index in [1.165, 1.54) is 44.8 Å². The predicted molar refractivity (Wildman–Crippen MR) is 156 cm³/mol. The van der Waals surface area contributed by atoms with Crippen LogP contribution in [0.5, 0.6) is 5.75 Å². The zero-order chi connectivity index (χ0) is 26.4. The van der Waals surface area contributed by atoms with Crippen molar-refractivity contribution in [3.8, 4) is 5.75 Å². The summed E-state index contributed by atoms with van der Waals surface area (Å²) in [5.41, 5.74) is 11.9. The Bertz CT molecular complexity index is 1130. The van der Waals surface area contributed by atoms with E-state index in [9.17, 15) is 0 Å². The van der Waals surface area contributed by atoms with Gasteiger partial charge in [0.05, 0.1) is 0 Å². The van der Waals surface area contributed by atoms with Crippen LogP contribution in [0, 0.1) is 48.2 Å². The Hall–Kier alpha value is -1.87. The molecular formula is C30H38Cl2N2ORu. The van der Waals surface area contributed by atoms with Crippen molar-refractivity contribution in [2.75, 3.05) is 29.5 Å². The number of hydrogen-bond acceptors (Lipinski definition) is 2. The minimum atomic E-state index is -1.73. The first-order valence-electron chi connectivity index (χ1n) is 12.2. The van der Waals surface area contributed by atoms with Crippen LogP contribution in [-0.4, -0.2) is 29.0 Å². The van der Waals surface area contributed by atoms with E-state index in [1.54, 1.807) is 0 Å². The number of aliphatic hydroxyl groups is 1. The molecule has 1 aliphatic heterocycles. The van der Waals surface area contributed by atoms with Crippen molar-refractivity contribution >= 4 is 35.4 Å². The van der Waals surface area contributed by atoms with Gasteiger partial charge in [-0.25, -0.2) is 0 Å². The van der Waals surface area contributed by atoms with Crippen molar-refractivity contribution in [3.05, 3.63) is 94.1 Å². The number of aryl methyl sites for hydroxylation is 6. The van der Waals surface area contributed by atoms with E-state index in [2.05, 4.69) is 87.0 Å². The van der Waals surface area contributed by atoms with Gasteiger partial charge in [-0.3, -0.25) is 0 Å². The Morgan fingerprint density at radius 3 is 1.67 bits per heavy atom. The van der Waals surface area contributed by atoms with Crippen LogP contribution in [0.1, 0.15) is 45.9 Å². The predicted octanol–water partition coefficient (Wildman–Crippen LogP) is 8.01. The zero-order valence-electron chi connectivity index (χ0n) is 22.3. The van der Waals surface area contributed by atoms with E-state index in [4.69, 9.17) is 19.4 Å². The summed E-state index contributed by atoms with van der Waals surface area (Å²) in [6.07, 6.45) is 0. The van der Waals surface area contributed by atoms with Gasteiger partial charge < -0.3 is 9.80 Å². The Kier molecular flexibility index (Phi) is 10.4. The number of anilines is 2. The summed E-state index contributed by atoms with van der Waals surface area (Å²) in [7, 11) is 11.6. The molecule has 0 unspecified atom stereocenters. The van der Waals surface area contributed by atoms with Crippen LogP contribution < -0.4 is 9.80 Å². The molecule has 0 spiro atoms. The Morgan fingerprint density at radius 2 is 1.25 bits per heavy atom. The standard InChI is InChI=1S/C21H27N2.C9H10O.2ClH.Ru/c1-14-9-16(3)20(17(4)10-14)22-7-8-23(13-22)21-18(5)11-15(2)12-19(21)6;1-3-10-9-7-5-4-6-8(9)2;;;/h9-13H,7-8H2,1-6H3;2,4-7H,3H2,1H3;2*1H;/q-1;;;;+2/p-1. The summed E-state index contributed by atoms with van der Waals surface area (Å²) in [4.78, 5) is 4.81. The third-order valence-electron chi connectivity index (χ3n) is 6.16. The van der Waals surface area contributed by atoms with E-state index in [-0.39, 0.29) is 0 Å².